The average Bonchev–Trinajstić information content (AvgIpc) is 3.26. The van der Waals surface area contributed by atoms with Gasteiger partial charge < -0.3 is 20.0 Å². The summed E-state index contributed by atoms with van der Waals surface area (Å²) in [4.78, 5) is 48.8. The standard InChI is InChI=1S/C29H41FN6O3S/c1-19-27(20(2)37)40-29(31-19)33-28(39)32-25-11-13-36(26(38)18-34(3)4)17-23(25)16-35-12-5-6-22(15-35)14-21-7-9-24(30)10-8-21/h7-10,22-23,25H,5-6,11-18H2,1-4H3,(H2,31,32,33,39)/t22?,23-,25-/m1/s1. The topological polar surface area (TPSA) is 97.9 Å². The minimum Gasteiger partial charge on any atom is -0.341 e. The fourth-order valence-corrected chi connectivity index (χ4v) is 6.71. The summed E-state index contributed by atoms with van der Waals surface area (Å²) in [5.74, 6) is 0.360. The fraction of sp³-hybridized carbons (Fsp3) is 0.586. The van der Waals surface area contributed by atoms with Crippen molar-refractivity contribution < 1.29 is 18.8 Å². The summed E-state index contributed by atoms with van der Waals surface area (Å²) in [5.41, 5.74) is 1.76. The van der Waals surface area contributed by atoms with E-state index in [2.05, 4.69) is 20.5 Å². The number of carbonyl (C=O) groups is 3. The lowest BCUT2D eigenvalue weighted by Crippen LogP contribution is -2.57. The molecule has 4 rings (SSSR count). The Morgan fingerprint density at radius 1 is 1.12 bits per heavy atom. The molecule has 2 fully saturated rings. The molecule has 1 aromatic carbocycles. The van der Waals surface area contributed by atoms with Gasteiger partial charge in [0.15, 0.2) is 10.9 Å². The van der Waals surface area contributed by atoms with E-state index in [4.69, 9.17) is 0 Å². The summed E-state index contributed by atoms with van der Waals surface area (Å²) in [5, 5.41) is 6.35. The maximum absolute atomic E-state index is 13.4. The number of aromatic nitrogens is 1. The second kappa shape index (κ2) is 13.6. The molecular weight excluding hydrogens is 531 g/mol. The van der Waals surface area contributed by atoms with Gasteiger partial charge in [0.25, 0.3) is 0 Å². The van der Waals surface area contributed by atoms with Crippen LogP contribution in [0.3, 0.4) is 0 Å². The van der Waals surface area contributed by atoms with E-state index in [0.717, 1.165) is 44.5 Å². The third kappa shape index (κ3) is 8.31. The van der Waals surface area contributed by atoms with Gasteiger partial charge in [0.2, 0.25) is 5.91 Å². The van der Waals surface area contributed by atoms with E-state index in [1.165, 1.54) is 30.4 Å². The lowest BCUT2D eigenvalue weighted by Gasteiger charge is -2.43. The van der Waals surface area contributed by atoms with Crippen molar-refractivity contribution in [3.05, 3.63) is 46.2 Å². The Kier molecular flexibility index (Phi) is 10.3. The zero-order chi connectivity index (χ0) is 28.8. The van der Waals surface area contributed by atoms with Crippen LogP contribution in [0, 0.1) is 24.6 Å². The van der Waals surface area contributed by atoms with Gasteiger partial charge in [-0.1, -0.05) is 23.5 Å². The predicted octanol–water partition coefficient (Wildman–Crippen LogP) is 3.65. The van der Waals surface area contributed by atoms with Crippen molar-refractivity contribution >= 4 is 34.2 Å². The first-order valence-corrected chi connectivity index (χ1v) is 14.8. The van der Waals surface area contributed by atoms with Gasteiger partial charge in [-0.15, -0.1) is 0 Å². The van der Waals surface area contributed by atoms with Crippen molar-refractivity contribution in [3.63, 3.8) is 0 Å². The molecule has 2 aliphatic rings. The van der Waals surface area contributed by atoms with Crippen LogP contribution in [-0.4, -0.2) is 96.8 Å². The van der Waals surface area contributed by atoms with Crippen molar-refractivity contribution in [3.8, 4) is 0 Å². The van der Waals surface area contributed by atoms with E-state index in [0.29, 0.717) is 47.7 Å². The van der Waals surface area contributed by atoms with Crippen LogP contribution in [0.1, 0.15) is 47.1 Å². The van der Waals surface area contributed by atoms with E-state index in [1.54, 1.807) is 6.92 Å². The number of hydrogen-bond donors (Lipinski definition) is 2. The number of hydrogen-bond acceptors (Lipinski definition) is 7. The molecule has 0 radical (unpaired) electrons. The number of ketones is 1. The maximum atomic E-state index is 13.4. The summed E-state index contributed by atoms with van der Waals surface area (Å²) in [7, 11) is 3.78. The van der Waals surface area contributed by atoms with Crippen LogP contribution in [0.5, 0.6) is 0 Å². The molecule has 0 bridgehead atoms. The Hall–Kier alpha value is -2.89. The van der Waals surface area contributed by atoms with Crippen molar-refractivity contribution in [2.75, 3.05) is 58.7 Å². The molecule has 3 heterocycles. The first kappa shape index (κ1) is 30.1. The molecular formula is C29H41FN6O3S. The number of rotatable bonds is 9. The number of nitrogens with zero attached hydrogens (tertiary/aromatic N) is 4. The van der Waals surface area contributed by atoms with Gasteiger partial charge in [-0.2, -0.15) is 0 Å². The first-order chi connectivity index (χ1) is 19.1. The molecule has 0 saturated carbocycles. The summed E-state index contributed by atoms with van der Waals surface area (Å²) in [6.45, 7) is 7.48. The highest BCUT2D eigenvalue weighted by Crippen LogP contribution is 2.26. The summed E-state index contributed by atoms with van der Waals surface area (Å²) in [6.07, 6.45) is 3.79. The molecule has 0 spiro atoms. The van der Waals surface area contributed by atoms with Crippen molar-refractivity contribution in [1.82, 2.24) is 25.0 Å². The number of piperidine rings is 2. The fourth-order valence-electron chi connectivity index (χ4n) is 5.85. The zero-order valence-electron chi connectivity index (χ0n) is 23.9. The van der Waals surface area contributed by atoms with Gasteiger partial charge in [-0.3, -0.25) is 14.9 Å². The smallest absolute Gasteiger partial charge is 0.321 e. The number of thiazole rings is 1. The number of likely N-dealkylation sites (N-methyl/N-ethyl adjacent to an activating group) is 1. The van der Waals surface area contributed by atoms with Gasteiger partial charge in [0.1, 0.15) is 5.82 Å². The predicted molar refractivity (Wildman–Crippen MR) is 155 cm³/mol. The van der Waals surface area contributed by atoms with E-state index in [1.807, 2.05) is 36.0 Å². The van der Waals surface area contributed by atoms with Crippen molar-refractivity contribution in [1.29, 1.82) is 0 Å². The Balaban J connectivity index is 1.41. The van der Waals surface area contributed by atoms with Gasteiger partial charge in [-0.05, 0) is 76.9 Å². The summed E-state index contributed by atoms with van der Waals surface area (Å²) in [6, 6.07) is 6.32. The molecule has 218 valence electrons. The molecule has 1 aromatic heterocycles. The van der Waals surface area contributed by atoms with Crippen LogP contribution < -0.4 is 10.6 Å². The quantitative estimate of drug-likeness (QED) is 0.446. The number of benzene rings is 1. The van der Waals surface area contributed by atoms with Gasteiger partial charge in [0.05, 0.1) is 17.1 Å². The number of amides is 3. The lowest BCUT2D eigenvalue weighted by atomic mass is 9.88. The third-order valence-corrected chi connectivity index (χ3v) is 8.90. The van der Waals surface area contributed by atoms with Crippen LogP contribution >= 0.6 is 11.3 Å². The number of urea groups is 1. The Morgan fingerprint density at radius 3 is 2.55 bits per heavy atom. The van der Waals surface area contributed by atoms with Crippen molar-refractivity contribution in [2.24, 2.45) is 11.8 Å². The number of carbonyl (C=O) groups excluding carboxylic acids is 3. The summed E-state index contributed by atoms with van der Waals surface area (Å²) < 4.78 is 13.4. The monoisotopic (exact) mass is 572 g/mol. The second-order valence-electron chi connectivity index (χ2n) is 11.4. The molecule has 2 saturated heterocycles. The molecule has 1 unspecified atom stereocenters. The number of nitrogens with one attached hydrogen (secondary N) is 2. The number of halogens is 1. The number of Topliss-reactive ketones (excluding diaryl/α,β-unsaturated/α-hetero) is 1. The van der Waals surface area contributed by atoms with Crippen LogP contribution in [0.2, 0.25) is 0 Å². The number of likely N-dealkylation sites (tertiary alicyclic amines) is 2. The maximum Gasteiger partial charge on any atom is 0.321 e. The minimum atomic E-state index is -0.347. The van der Waals surface area contributed by atoms with Crippen molar-refractivity contribution in [2.45, 2.75) is 45.6 Å². The van der Waals surface area contributed by atoms with Crippen LogP contribution in [0.25, 0.3) is 0 Å². The Morgan fingerprint density at radius 2 is 1.88 bits per heavy atom. The molecule has 40 heavy (non-hydrogen) atoms. The lowest BCUT2D eigenvalue weighted by molar-refractivity contribution is -0.134. The Labute approximate surface area is 240 Å². The molecule has 9 nitrogen and oxygen atoms in total. The highest BCUT2D eigenvalue weighted by atomic mass is 32.1. The molecule has 2 N–H and O–H groups in total. The van der Waals surface area contributed by atoms with Gasteiger partial charge in [0, 0.05) is 45.1 Å². The highest BCUT2D eigenvalue weighted by Gasteiger charge is 2.35. The average molecular weight is 573 g/mol. The van der Waals surface area contributed by atoms with Crippen LogP contribution in [0.15, 0.2) is 24.3 Å². The van der Waals surface area contributed by atoms with Gasteiger partial charge in [-0.25, -0.2) is 14.2 Å². The molecule has 2 aliphatic heterocycles. The normalized spacial score (nSPS) is 21.9. The van der Waals surface area contributed by atoms with E-state index in [9.17, 15) is 18.8 Å². The van der Waals surface area contributed by atoms with Crippen LogP contribution in [0.4, 0.5) is 14.3 Å². The highest BCUT2D eigenvalue weighted by molar-refractivity contribution is 7.17. The van der Waals surface area contributed by atoms with E-state index < -0.39 is 0 Å². The van der Waals surface area contributed by atoms with Crippen LogP contribution in [-0.2, 0) is 11.2 Å². The SMILES string of the molecule is CC(=O)c1sc(NC(=O)N[C@@H]2CCN(C(=O)CN(C)C)C[C@H]2CN2CCCC(Cc3ccc(F)cc3)C2)nc1C. The largest absolute Gasteiger partial charge is 0.341 e. The molecule has 2 aromatic rings. The Bertz CT molecular complexity index is 1190. The minimum absolute atomic E-state index is 0.0704. The number of aryl methyl sites for hydroxylation is 1. The zero-order valence-corrected chi connectivity index (χ0v) is 24.7. The first-order valence-electron chi connectivity index (χ1n) is 14.0. The molecule has 0 aliphatic carbocycles. The van der Waals surface area contributed by atoms with E-state index >= 15 is 0 Å². The number of anilines is 1. The second-order valence-corrected chi connectivity index (χ2v) is 12.4. The van der Waals surface area contributed by atoms with Gasteiger partial charge >= 0.3 is 6.03 Å². The van der Waals surface area contributed by atoms with E-state index in [-0.39, 0.29) is 35.5 Å². The third-order valence-electron chi connectivity index (χ3n) is 7.72. The molecule has 3 atom stereocenters. The molecule has 3 amide bonds. The molecule has 11 heteroatoms. The summed E-state index contributed by atoms with van der Waals surface area (Å²) >= 11 is 1.18.